The molecule has 1 aliphatic rings. The van der Waals surface area contributed by atoms with E-state index in [0.29, 0.717) is 30.0 Å². The van der Waals surface area contributed by atoms with Gasteiger partial charge >= 0.3 is 0 Å². The van der Waals surface area contributed by atoms with Crippen molar-refractivity contribution < 1.29 is 13.2 Å². The standard InChI is InChI=1S/C22H28N2O3S/c1-4-5-13-23(28(26,27)21-15-17(2)10-11-18(21)3)16-22(25)24-14-12-19-8-6-7-9-20(19)24/h6-11,15H,4-5,12-14,16H2,1-3H3. The van der Waals surface area contributed by atoms with Crippen molar-refractivity contribution >= 4 is 21.6 Å². The maximum absolute atomic E-state index is 13.4. The quantitative estimate of drug-likeness (QED) is 0.712. The largest absolute Gasteiger partial charge is 0.311 e. The van der Waals surface area contributed by atoms with Crippen molar-refractivity contribution in [3.05, 3.63) is 59.2 Å². The number of carbonyl (C=O) groups excluding carboxylic acids is 1. The molecule has 150 valence electrons. The maximum Gasteiger partial charge on any atom is 0.243 e. The number of rotatable bonds is 7. The van der Waals surface area contributed by atoms with Crippen molar-refractivity contribution in [3.8, 4) is 0 Å². The predicted molar refractivity (Wildman–Crippen MR) is 112 cm³/mol. The van der Waals surface area contributed by atoms with E-state index >= 15 is 0 Å². The number of sulfonamides is 1. The molecular formula is C22H28N2O3S. The van der Waals surface area contributed by atoms with Crippen LogP contribution in [0.25, 0.3) is 0 Å². The number of nitrogens with zero attached hydrogens (tertiary/aromatic N) is 2. The number of amides is 1. The Morgan fingerprint density at radius 2 is 1.89 bits per heavy atom. The lowest BCUT2D eigenvalue weighted by molar-refractivity contribution is -0.118. The molecule has 28 heavy (non-hydrogen) atoms. The van der Waals surface area contributed by atoms with Gasteiger partial charge in [-0.05, 0) is 55.5 Å². The highest BCUT2D eigenvalue weighted by Crippen LogP contribution is 2.28. The highest BCUT2D eigenvalue weighted by molar-refractivity contribution is 7.89. The number of unbranched alkanes of at least 4 members (excludes halogenated alkanes) is 1. The van der Waals surface area contributed by atoms with Gasteiger partial charge in [-0.2, -0.15) is 4.31 Å². The van der Waals surface area contributed by atoms with E-state index in [1.165, 1.54) is 4.31 Å². The normalized spacial score (nSPS) is 13.8. The molecule has 3 rings (SSSR count). The van der Waals surface area contributed by atoms with Gasteiger partial charge in [-0.25, -0.2) is 8.42 Å². The summed E-state index contributed by atoms with van der Waals surface area (Å²) >= 11 is 0. The summed E-state index contributed by atoms with van der Waals surface area (Å²) in [5, 5.41) is 0. The van der Waals surface area contributed by atoms with Crippen molar-refractivity contribution in [1.29, 1.82) is 0 Å². The third-order valence-electron chi connectivity index (χ3n) is 5.22. The Morgan fingerprint density at radius 1 is 1.14 bits per heavy atom. The van der Waals surface area contributed by atoms with E-state index in [1.54, 1.807) is 17.9 Å². The van der Waals surface area contributed by atoms with Gasteiger partial charge in [-0.1, -0.05) is 43.7 Å². The van der Waals surface area contributed by atoms with Gasteiger partial charge in [-0.3, -0.25) is 4.79 Å². The molecule has 2 aromatic rings. The van der Waals surface area contributed by atoms with Gasteiger partial charge in [0.25, 0.3) is 0 Å². The van der Waals surface area contributed by atoms with E-state index in [-0.39, 0.29) is 12.5 Å². The molecule has 0 aliphatic carbocycles. The topological polar surface area (TPSA) is 57.7 Å². The Hall–Kier alpha value is -2.18. The number of para-hydroxylation sites is 1. The minimum absolute atomic E-state index is 0.135. The molecule has 0 saturated heterocycles. The van der Waals surface area contributed by atoms with E-state index in [0.717, 1.165) is 29.7 Å². The molecule has 1 amide bonds. The smallest absolute Gasteiger partial charge is 0.243 e. The van der Waals surface area contributed by atoms with Crippen LogP contribution in [-0.2, 0) is 21.2 Å². The van der Waals surface area contributed by atoms with Gasteiger partial charge in [0.15, 0.2) is 0 Å². The summed E-state index contributed by atoms with van der Waals surface area (Å²) < 4.78 is 28.1. The summed E-state index contributed by atoms with van der Waals surface area (Å²) in [7, 11) is -3.74. The van der Waals surface area contributed by atoms with Crippen LogP contribution >= 0.6 is 0 Å². The molecule has 1 heterocycles. The fraction of sp³-hybridized carbons (Fsp3) is 0.409. The first-order valence-electron chi connectivity index (χ1n) is 9.80. The van der Waals surface area contributed by atoms with E-state index in [2.05, 4.69) is 0 Å². The van der Waals surface area contributed by atoms with Crippen LogP contribution in [0.4, 0.5) is 5.69 Å². The number of benzene rings is 2. The Balaban J connectivity index is 1.88. The fourth-order valence-electron chi connectivity index (χ4n) is 3.58. The number of anilines is 1. The number of aryl methyl sites for hydroxylation is 2. The van der Waals surface area contributed by atoms with Crippen LogP contribution in [0.1, 0.15) is 36.5 Å². The molecule has 0 unspecified atom stereocenters. The second kappa shape index (κ2) is 8.45. The van der Waals surface area contributed by atoms with Gasteiger partial charge in [0.05, 0.1) is 11.4 Å². The van der Waals surface area contributed by atoms with Crippen molar-refractivity contribution in [2.75, 3.05) is 24.5 Å². The van der Waals surface area contributed by atoms with Crippen LogP contribution in [-0.4, -0.2) is 38.3 Å². The van der Waals surface area contributed by atoms with Gasteiger partial charge in [0.2, 0.25) is 15.9 Å². The zero-order chi connectivity index (χ0) is 20.3. The summed E-state index contributed by atoms with van der Waals surface area (Å²) in [4.78, 5) is 15.0. The van der Waals surface area contributed by atoms with Crippen LogP contribution < -0.4 is 4.90 Å². The van der Waals surface area contributed by atoms with E-state index in [4.69, 9.17) is 0 Å². The zero-order valence-electron chi connectivity index (χ0n) is 16.8. The van der Waals surface area contributed by atoms with Crippen molar-refractivity contribution in [1.82, 2.24) is 4.31 Å². The highest BCUT2D eigenvalue weighted by atomic mass is 32.2. The van der Waals surface area contributed by atoms with Crippen LogP contribution in [0, 0.1) is 13.8 Å². The second-order valence-electron chi connectivity index (χ2n) is 7.39. The Kier molecular flexibility index (Phi) is 6.20. The SMILES string of the molecule is CCCCN(CC(=O)N1CCc2ccccc21)S(=O)(=O)c1cc(C)ccc1C. The first-order chi connectivity index (χ1) is 13.3. The lowest BCUT2D eigenvalue weighted by Gasteiger charge is -2.25. The minimum Gasteiger partial charge on any atom is -0.311 e. The van der Waals surface area contributed by atoms with Crippen molar-refractivity contribution in [3.63, 3.8) is 0 Å². The Bertz CT molecular complexity index is 969. The summed E-state index contributed by atoms with van der Waals surface area (Å²) in [6.45, 7) is 6.49. The third-order valence-corrected chi connectivity index (χ3v) is 7.21. The number of hydrogen-bond acceptors (Lipinski definition) is 3. The lowest BCUT2D eigenvalue weighted by atomic mass is 10.2. The Morgan fingerprint density at radius 3 is 2.64 bits per heavy atom. The molecule has 0 radical (unpaired) electrons. The molecule has 0 bridgehead atoms. The number of fused-ring (bicyclic) bond motifs is 1. The van der Waals surface area contributed by atoms with Crippen LogP contribution in [0.3, 0.4) is 0 Å². The van der Waals surface area contributed by atoms with Crippen LogP contribution in [0.15, 0.2) is 47.4 Å². The van der Waals surface area contributed by atoms with Crippen LogP contribution in [0.5, 0.6) is 0 Å². The summed E-state index contributed by atoms with van der Waals surface area (Å²) in [5.74, 6) is -0.171. The number of carbonyl (C=O) groups is 1. The van der Waals surface area contributed by atoms with Gasteiger partial charge in [0, 0.05) is 18.8 Å². The molecule has 6 heteroatoms. The summed E-state index contributed by atoms with van der Waals surface area (Å²) in [5.41, 5.74) is 3.62. The molecule has 5 nitrogen and oxygen atoms in total. The monoisotopic (exact) mass is 400 g/mol. The average molecular weight is 401 g/mol. The van der Waals surface area contributed by atoms with Crippen molar-refractivity contribution in [2.24, 2.45) is 0 Å². The molecule has 0 fully saturated rings. The Labute approximate surface area is 168 Å². The molecule has 0 N–H and O–H groups in total. The zero-order valence-corrected chi connectivity index (χ0v) is 17.6. The van der Waals surface area contributed by atoms with Crippen LogP contribution in [0.2, 0.25) is 0 Å². The van der Waals surface area contributed by atoms with Gasteiger partial charge in [-0.15, -0.1) is 0 Å². The predicted octanol–water partition coefficient (Wildman–Crippen LogP) is 3.68. The molecule has 0 atom stereocenters. The van der Waals surface area contributed by atoms with Gasteiger partial charge in [0.1, 0.15) is 0 Å². The van der Waals surface area contributed by atoms with Crippen molar-refractivity contribution in [2.45, 2.75) is 44.9 Å². The lowest BCUT2D eigenvalue weighted by Crippen LogP contribution is -2.43. The number of hydrogen-bond donors (Lipinski definition) is 0. The molecular weight excluding hydrogens is 372 g/mol. The van der Waals surface area contributed by atoms with E-state index in [9.17, 15) is 13.2 Å². The summed E-state index contributed by atoms with van der Waals surface area (Å²) in [6.07, 6.45) is 2.38. The maximum atomic E-state index is 13.4. The van der Waals surface area contributed by atoms with Gasteiger partial charge < -0.3 is 4.90 Å². The molecule has 2 aromatic carbocycles. The van der Waals surface area contributed by atoms with E-state index < -0.39 is 10.0 Å². The first-order valence-corrected chi connectivity index (χ1v) is 11.2. The highest BCUT2D eigenvalue weighted by Gasteiger charge is 2.31. The minimum atomic E-state index is -3.74. The fourth-order valence-corrected chi connectivity index (χ4v) is 5.31. The molecule has 0 saturated carbocycles. The average Bonchev–Trinajstić information content (AvgIpc) is 3.11. The third kappa shape index (κ3) is 4.13. The molecule has 0 aromatic heterocycles. The molecule has 1 aliphatic heterocycles. The first kappa shape index (κ1) is 20.6. The second-order valence-corrected chi connectivity index (χ2v) is 9.29. The molecule has 0 spiro atoms. The van der Waals surface area contributed by atoms with E-state index in [1.807, 2.05) is 50.2 Å². The summed E-state index contributed by atoms with van der Waals surface area (Å²) in [6, 6.07) is 13.2.